The molecule has 0 aromatic rings. The van der Waals surface area contributed by atoms with Crippen molar-refractivity contribution in [2.24, 2.45) is 17.1 Å². The first-order chi connectivity index (χ1) is 7.03. The molecule has 1 fully saturated rings. The van der Waals surface area contributed by atoms with E-state index in [4.69, 9.17) is 5.73 Å². The number of hydrogen-bond donors (Lipinski definition) is 1. The number of piperidine rings is 1. The summed E-state index contributed by atoms with van der Waals surface area (Å²) >= 11 is 0. The number of rotatable bonds is 5. The van der Waals surface area contributed by atoms with Gasteiger partial charge in [0, 0.05) is 6.54 Å². The average molecular weight is 212 g/mol. The minimum absolute atomic E-state index is 0.580. The van der Waals surface area contributed by atoms with Crippen LogP contribution in [0.2, 0.25) is 0 Å². The van der Waals surface area contributed by atoms with Crippen molar-refractivity contribution in [2.45, 2.75) is 46.5 Å². The van der Waals surface area contributed by atoms with Gasteiger partial charge in [-0.15, -0.1) is 0 Å². The van der Waals surface area contributed by atoms with Gasteiger partial charge in [-0.05, 0) is 56.7 Å². The molecule has 1 atom stereocenters. The topological polar surface area (TPSA) is 29.3 Å². The smallest absolute Gasteiger partial charge is 0.000703 e. The Kier molecular flexibility index (Phi) is 5.07. The number of likely N-dealkylation sites (tertiary alicyclic amines) is 1. The van der Waals surface area contributed by atoms with Gasteiger partial charge in [0.25, 0.3) is 0 Å². The summed E-state index contributed by atoms with van der Waals surface area (Å²) in [6.07, 6.45) is 5.18. The highest BCUT2D eigenvalue weighted by molar-refractivity contribution is 4.79. The summed E-state index contributed by atoms with van der Waals surface area (Å²) in [5.74, 6) is 0.815. The second-order valence-corrected chi connectivity index (χ2v) is 6.00. The van der Waals surface area contributed by atoms with E-state index in [0.29, 0.717) is 5.41 Å². The third kappa shape index (κ3) is 4.98. The van der Waals surface area contributed by atoms with Crippen LogP contribution in [0, 0.1) is 11.3 Å². The van der Waals surface area contributed by atoms with Gasteiger partial charge < -0.3 is 10.6 Å². The summed E-state index contributed by atoms with van der Waals surface area (Å²) < 4.78 is 0. The van der Waals surface area contributed by atoms with Gasteiger partial charge in [-0.1, -0.05) is 20.8 Å². The van der Waals surface area contributed by atoms with Crippen LogP contribution >= 0.6 is 0 Å². The van der Waals surface area contributed by atoms with Crippen LogP contribution in [0.1, 0.15) is 46.5 Å². The first-order valence-electron chi connectivity index (χ1n) is 6.46. The average Bonchev–Trinajstić information content (AvgIpc) is 2.18. The zero-order valence-electron chi connectivity index (χ0n) is 10.8. The molecule has 2 N–H and O–H groups in total. The second kappa shape index (κ2) is 5.86. The lowest BCUT2D eigenvalue weighted by molar-refractivity contribution is 0.117. The van der Waals surface area contributed by atoms with Crippen LogP contribution in [0.4, 0.5) is 0 Å². The number of hydrogen-bond acceptors (Lipinski definition) is 2. The minimum atomic E-state index is 0.580. The van der Waals surface area contributed by atoms with E-state index in [1.54, 1.807) is 0 Å². The minimum Gasteiger partial charge on any atom is -0.330 e. The third-order valence-corrected chi connectivity index (χ3v) is 3.68. The molecule has 90 valence electrons. The van der Waals surface area contributed by atoms with Gasteiger partial charge in [0.2, 0.25) is 0 Å². The quantitative estimate of drug-likeness (QED) is 0.758. The number of nitrogens with zero attached hydrogens (tertiary/aromatic N) is 1. The molecule has 1 heterocycles. The highest BCUT2D eigenvalue weighted by Crippen LogP contribution is 2.30. The maximum absolute atomic E-state index is 5.53. The number of nitrogens with two attached hydrogens (primary N) is 1. The second-order valence-electron chi connectivity index (χ2n) is 6.00. The zero-order chi connectivity index (χ0) is 11.3. The van der Waals surface area contributed by atoms with Gasteiger partial charge in [-0.2, -0.15) is 0 Å². The molecule has 1 rings (SSSR count). The fourth-order valence-electron chi connectivity index (χ4n) is 2.34. The summed E-state index contributed by atoms with van der Waals surface area (Å²) in [6, 6.07) is 0. The van der Waals surface area contributed by atoms with Crippen molar-refractivity contribution in [3.05, 3.63) is 0 Å². The normalized spacial score (nSPS) is 24.0. The van der Waals surface area contributed by atoms with E-state index >= 15 is 0 Å². The van der Waals surface area contributed by atoms with Gasteiger partial charge in [0.15, 0.2) is 0 Å². The predicted octanol–water partition coefficient (Wildman–Crippen LogP) is 2.48. The Morgan fingerprint density at radius 2 is 1.87 bits per heavy atom. The zero-order valence-corrected chi connectivity index (χ0v) is 10.8. The van der Waals surface area contributed by atoms with Crippen LogP contribution in [0.5, 0.6) is 0 Å². The van der Waals surface area contributed by atoms with Crippen LogP contribution in [0.15, 0.2) is 0 Å². The standard InChI is InChI=1S/C13H28N2/c1-12(5-4-8-14)11-15-9-6-13(2,3)7-10-15/h12H,4-11,14H2,1-3H3. The Labute approximate surface area is 95.2 Å². The van der Waals surface area contributed by atoms with E-state index in [1.807, 2.05) is 0 Å². The van der Waals surface area contributed by atoms with E-state index in [-0.39, 0.29) is 0 Å². The predicted molar refractivity (Wildman–Crippen MR) is 66.9 cm³/mol. The molecule has 0 aromatic carbocycles. The van der Waals surface area contributed by atoms with Crippen LogP contribution in [0.3, 0.4) is 0 Å². The molecule has 2 nitrogen and oxygen atoms in total. The molecule has 1 aliphatic rings. The highest BCUT2D eigenvalue weighted by atomic mass is 15.1. The molecule has 2 heteroatoms. The van der Waals surface area contributed by atoms with E-state index in [9.17, 15) is 0 Å². The largest absolute Gasteiger partial charge is 0.330 e. The molecule has 0 aromatic heterocycles. The van der Waals surface area contributed by atoms with Gasteiger partial charge >= 0.3 is 0 Å². The van der Waals surface area contributed by atoms with Gasteiger partial charge in [-0.25, -0.2) is 0 Å². The summed E-state index contributed by atoms with van der Waals surface area (Å²) in [4.78, 5) is 2.63. The molecule has 0 bridgehead atoms. The summed E-state index contributed by atoms with van der Waals surface area (Å²) in [5, 5.41) is 0. The SMILES string of the molecule is CC(CCCN)CN1CCC(C)(C)CC1. The molecule has 1 unspecified atom stereocenters. The molecule has 0 amide bonds. The van der Waals surface area contributed by atoms with Crippen LogP contribution in [-0.2, 0) is 0 Å². The van der Waals surface area contributed by atoms with Gasteiger partial charge in [0.05, 0.1) is 0 Å². The Morgan fingerprint density at radius 3 is 2.40 bits per heavy atom. The maximum Gasteiger partial charge on any atom is 0.000703 e. The maximum atomic E-state index is 5.53. The monoisotopic (exact) mass is 212 g/mol. The molecular formula is C13H28N2. The fraction of sp³-hybridized carbons (Fsp3) is 1.00. The Morgan fingerprint density at radius 1 is 1.27 bits per heavy atom. The molecule has 1 aliphatic heterocycles. The molecular weight excluding hydrogens is 184 g/mol. The molecule has 0 radical (unpaired) electrons. The summed E-state index contributed by atoms with van der Waals surface area (Å²) in [5.41, 5.74) is 6.11. The third-order valence-electron chi connectivity index (χ3n) is 3.68. The fourth-order valence-corrected chi connectivity index (χ4v) is 2.34. The van der Waals surface area contributed by atoms with E-state index in [0.717, 1.165) is 12.5 Å². The van der Waals surface area contributed by atoms with E-state index in [1.165, 1.54) is 45.3 Å². The Bertz CT molecular complexity index is 167. The lowest BCUT2D eigenvalue weighted by Crippen LogP contribution is -2.39. The van der Waals surface area contributed by atoms with Crippen molar-refractivity contribution < 1.29 is 0 Å². The lowest BCUT2D eigenvalue weighted by atomic mass is 9.82. The van der Waals surface area contributed by atoms with Crippen molar-refractivity contribution in [1.82, 2.24) is 4.90 Å². The molecule has 0 spiro atoms. The van der Waals surface area contributed by atoms with E-state index in [2.05, 4.69) is 25.7 Å². The molecule has 0 saturated carbocycles. The van der Waals surface area contributed by atoms with Crippen molar-refractivity contribution >= 4 is 0 Å². The first kappa shape index (κ1) is 13.0. The van der Waals surface area contributed by atoms with Crippen LogP contribution < -0.4 is 5.73 Å². The lowest BCUT2D eigenvalue weighted by Gasteiger charge is -2.38. The molecule has 15 heavy (non-hydrogen) atoms. The molecule has 0 aliphatic carbocycles. The van der Waals surface area contributed by atoms with E-state index < -0.39 is 0 Å². The molecule has 1 saturated heterocycles. The Hall–Kier alpha value is -0.0800. The van der Waals surface area contributed by atoms with Crippen molar-refractivity contribution in [3.8, 4) is 0 Å². The summed E-state index contributed by atoms with van der Waals surface area (Å²) in [6.45, 7) is 11.8. The van der Waals surface area contributed by atoms with Crippen molar-refractivity contribution in [2.75, 3.05) is 26.2 Å². The van der Waals surface area contributed by atoms with Crippen LogP contribution in [0.25, 0.3) is 0 Å². The van der Waals surface area contributed by atoms with Gasteiger partial charge in [-0.3, -0.25) is 0 Å². The van der Waals surface area contributed by atoms with Crippen molar-refractivity contribution in [3.63, 3.8) is 0 Å². The first-order valence-corrected chi connectivity index (χ1v) is 6.46. The Balaban J connectivity index is 2.17. The summed E-state index contributed by atoms with van der Waals surface area (Å²) in [7, 11) is 0. The highest BCUT2D eigenvalue weighted by Gasteiger charge is 2.25. The van der Waals surface area contributed by atoms with Crippen LogP contribution in [-0.4, -0.2) is 31.1 Å². The van der Waals surface area contributed by atoms with Crippen molar-refractivity contribution in [1.29, 1.82) is 0 Å². The van der Waals surface area contributed by atoms with Gasteiger partial charge in [0.1, 0.15) is 0 Å².